The van der Waals surface area contributed by atoms with Crippen LogP contribution in [0.5, 0.6) is 0 Å². The Morgan fingerprint density at radius 3 is 2.12 bits per heavy atom. The average molecular weight is 321 g/mol. The van der Waals surface area contributed by atoms with E-state index in [0.717, 1.165) is 23.2 Å². The van der Waals surface area contributed by atoms with E-state index in [1.807, 2.05) is 30.5 Å². The summed E-state index contributed by atoms with van der Waals surface area (Å²) in [5.74, 6) is 0.981. The molecule has 126 valence electrons. The first-order valence-electron chi connectivity index (χ1n) is 8.65. The molecule has 0 radical (unpaired) electrons. The van der Waals surface area contributed by atoms with Gasteiger partial charge in [-0.3, -0.25) is 9.79 Å². The second-order valence-corrected chi connectivity index (χ2v) is 6.87. The van der Waals surface area contributed by atoms with Gasteiger partial charge >= 0.3 is 0 Å². The van der Waals surface area contributed by atoms with E-state index < -0.39 is 0 Å². The molecule has 2 nitrogen and oxygen atoms in total. The first-order chi connectivity index (χ1) is 11.4. The summed E-state index contributed by atoms with van der Waals surface area (Å²) in [5.41, 5.74) is 5.54. The van der Waals surface area contributed by atoms with Crippen molar-refractivity contribution in [2.24, 2.45) is 4.99 Å². The van der Waals surface area contributed by atoms with E-state index in [0.29, 0.717) is 11.8 Å². The SMILES string of the molecule is CC(=O)c1cccc(CC=Nc2c(C(C)C)cccc2C(C)C)c1. The molecule has 0 aliphatic rings. The molecular weight excluding hydrogens is 294 g/mol. The van der Waals surface area contributed by atoms with Crippen LogP contribution in [0.2, 0.25) is 0 Å². The van der Waals surface area contributed by atoms with Gasteiger partial charge < -0.3 is 0 Å². The van der Waals surface area contributed by atoms with Gasteiger partial charge in [0.2, 0.25) is 0 Å². The minimum atomic E-state index is 0.0982. The fourth-order valence-corrected chi connectivity index (χ4v) is 2.82. The number of carbonyl (C=O) groups is 1. The van der Waals surface area contributed by atoms with Gasteiger partial charge in [-0.2, -0.15) is 0 Å². The van der Waals surface area contributed by atoms with Crippen LogP contribution in [0.4, 0.5) is 5.69 Å². The third-order valence-corrected chi connectivity index (χ3v) is 4.22. The fraction of sp³-hybridized carbons (Fsp3) is 0.364. The highest BCUT2D eigenvalue weighted by molar-refractivity contribution is 5.94. The maximum atomic E-state index is 11.5. The van der Waals surface area contributed by atoms with Gasteiger partial charge in [0.15, 0.2) is 5.78 Å². The molecule has 0 aliphatic heterocycles. The Labute approximate surface area is 145 Å². The van der Waals surface area contributed by atoms with E-state index in [-0.39, 0.29) is 5.78 Å². The Morgan fingerprint density at radius 1 is 1.00 bits per heavy atom. The van der Waals surface area contributed by atoms with Gasteiger partial charge in [0.1, 0.15) is 0 Å². The molecule has 0 amide bonds. The maximum Gasteiger partial charge on any atom is 0.159 e. The number of nitrogens with zero attached hydrogens (tertiary/aromatic N) is 1. The summed E-state index contributed by atoms with van der Waals surface area (Å²) in [6.07, 6.45) is 2.69. The van der Waals surface area contributed by atoms with Crippen molar-refractivity contribution in [3.63, 3.8) is 0 Å². The molecular formula is C22H27NO. The molecule has 0 aromatic heterocycles. The number of Topliss-reactive ketones (excluding diaryl/α,β-unsaturated/α-hetero) is 1. The molecule has 0 atom stereocenters. The normalized spacial score (nSPS) is 11.6. The zero-order valence-corrected chi connectivity index (χ0v) is 15.3. The summed E-state index contributed by atoms with van der Waals surface area (Å²) in [6.45, 7) is 10.4. The second-order valence-electron chi connectivity index (χ2n) is 6.87. The third kappa shape index (κ3) is 4.41. The van der Waals surface area contributed by atoms with Crippen LogP contribution in [0.3, 0.4) is 0 Å². The highest BCUT2D eigenvalue weighted by atomic mass is 16.1. The van der Waals surface area contributed by atoms with Gasteiger partial charge in [-0.05, 0) is 41.5 Å². The first-order valence-corrected chi connectivity index (χ1v) is 8.65. The van der Waals surface area contributed by atoms with Crippen molar-refractivity contribution >= 4 is 17.7 Å². The molecule has 2 heteroatoms. The molecule has 0 saturated heterocycles. The van der Waals surface area contributed by atoms with Crippen molar-refractivity contribution in [3.05, 3.63) is 64.7 Å². The van der Waals surface area contributed by atoms with Crippen LogP contribution in [-0.2, 0) is 6.42 Å². The first kappa shape index (κ1) is 18.1. The van der Waals surface area contributed by atoms with Crippen molar-refractivity contribution in [1.29, 1.82) is 0 Å². The Kier molecular flexibility index (Phi) is 6.08. The fourth-order valence-electron chi connectivity index (χ4n) is 2.82. The molecule has 0 unspecified atom stereocenters. The predicted octanol–water partition coefficient (Wildman–Crippen LogP) is 6.08. The molecule has 0 aliphatic carbocycles. The molecule has 0 heterocycles. The maximum absolute atomic E-state index is 11.5. The number of benzene rings is 2. The third-order valence-electron chi connectivity index (χ3n) is 4.22. The summed E-state index contributed by atoms with van der Waals surface area (Å²) < 4.78 is 0. The monoisotopic (exact) mass is 321 g/mol. The van der Waals surface area contributed by atoms with Crippen LogP contribution >= 0.6 is 0 Å². The molecule has 2 aromatic carbocycles. The van der Waals surface area contributed by atoms with E-state index >= 15 is 0 Å². The van der Waals surface area contributed by atoms with Crippen LogP contribution in [0.15, 0.2) is 47.5 Å². The van der Waals surface area contributed by atoms with Crippen LogP contribution < -0.4 is 0 Å². The molecule has 0 saturated carbocycles. The van der Waals surface area contributed by atoms with Crippen LogP contribution in [0.25, 0.3) is 0 Å². The average Bonchev–Trinajstić information content (AvgIpc) is 2.54. The van der Waals surface area contributed by atoms with Crippen molar-refractivity contribution in [2.45, 2.75) is 52.9 Å². The standard InChI is InChI=1S/C22H27NO/c1-15(2)20-10-7-11-21(16(3)4)22(20)23-13-12-18-8-6-9-19(14-18)17(5)24/h6-11,13-16H,12H2,1-5H3. The number of ketones is 1. The van der Waals surface area contributed by atoms with Crippen molar-refractivity contribution in [1.82, 2.24) is 0 Å². The zero-order chi connectivity index (χ0) is 17.7. The summed E-state index contributed by atoms with van der Waals surface area (Å²) >= 11 is 0. The second kappa shape index (κ2) is 8.05. The lowest BCUT2D eigenvalue weighted by atomic mass is 9.93. The van der Waals surface area contributed by atoms with Crippen molar-refractivity contribution in [3.8, 4) is 0 Å². The molecule has 0 fully saturated rings. The molecule has 2 aromatic rings. The van der Waals surface area contributed by atoms with Gasteiger partial charge in [-0.1, -0.05) is 64.1 Å². The minimum absolute atomic E-state index is 0.0982. The molecule has 0 spiro atoms. The number of rotatable bonds is 6. The van der Waals surface area contributed by atoms with Gasteiger partial charge in [0.25, 0.3) is 0 Å². The predicted molar refractivity (Wildman–Crippen MR) is 103 cm³/mol. The van der Waals surface area contributed by atoms with E-state index in [1.165, 1.54) is 11.1 Å². The molecule has 24 heavy (non-hydrogen) atoms. The molecule has 0 N–H and O–H groups in total. The number of hydrogen-bond acceptors (Lipinski definition) is 2. The van der Waals surface area contributed by atoms with E-state index in [1.54, 1.807) is 6.92 Å². The van der Waals surface area contributed by atoms with Gasteiger partial charge in [0, 0.05) is 18.2 Å². The summed E-state index contributed by atoms with van der Waals surface area (Å²) in [5, 5.41) is 0. The molecule has 2 rings (SSSR count). The lowest BCUT2D eigenvalue weighted by Gasteiger charge is -2.16. The number of hydrogen-bond donors (Lipinski definition) is 0. The largest absolute Gasteiger partial charge is 0.295 e. The lowest BCUT2D eigenvalue weighted by molar-refractivity contribution is 0.101. The number of carbonyl (C=O) groups excluding carboxylic acids is 1. The minimum Gasteiger partial charge on any atom is -0.295 e. The number of aliphatic imine (C=N–C) groups is 1. The Bertz CT molecular complexity index is 715. The highest BCUT2D eigenvalue weighted by Crippen LogP contribution is 2.34. The molecule has 0 bridgehead atoms. The van der Waals surface area contributed by atoms with Crippen LogP contribution in [0, 0.1) is 0 Å². The van der Waals surface area contributed by atoms with Gasteiger partial charge in [-0.25, -0.2) is 0 Å². The highest BCUT2D eigenvalue weighted by Gasteiger charge is 2.12. The van der Waals surface area contributed by atoms with Gasteiger partial charge in [-0.15, -0.1) is 0 Å². The Hall–Kier alpha value is -2.22. The zero-order valence-electron chi connectivity index (χ0n) is 15.3. The van der Waals surface area contributed by atoms with Crippen LogP contribution in [-0.4, -0.2) is 12.0 Å². The Balaban J connectivity index is 2.28. The van der Waals surface area contributed by atoms with E-state index in [4.69, 9.17) is 4.99 Å². The Morgan fingerprint density at radius 2 is 1.58 bits per heavy atom. The smallest absolute Gasteiger partial charge is 0.159 e. The van der Waals surface area contributed by atoms with E-state index in [2.05, 4.69) is 45.9 Å². The summed E-state index contributed by atoms with van der Waals surface area (Å²) in [7, 11) is 0. The van der Waals surface area contributed by atoms with E-state index in [9.17, 15) is 4.79 Å². The van der Waals surface area contributed by atoms with Crippen molar-refractivity contribution < 1.29 is 4.79 Å². The summed E-state index contributed by atoms with van der Waals surface area (Å²) in [6, 6.07) is 14.2. The topological polar surface area (TPSA) is 29.4 Å². The van der Waals surface area contributed by atoms with Crippen LogP contribution in [0.1, 0.15) is 73.5 Å². The van der Waals surface area contributed by atoms with Gasteiger partial charge in [0.05, 0.1) is 5.69 Å². The quantitative estimate of drug-likeness (QED) is 0.468. The summed E-state index contributed by atoms with van der Waals surface area (Å²) in [4.78, 5) is 16.3. The van der Waals surface area contributed by atoms with Crippen molar-refractivity contribution in [2.75, 3.05) is 0 Å². The number of para-hydroxylation sites is 1. The lowest BCUT2D eigenvalue weighted by Crippen LogP contribution is -1.97.